The molecule has 0 unspecified atom stereocenters. The van der Waals surface area contributed by atoms with Crippen molar-refractivity contribution in [2.24, 2.45) is 0 Å². The highest BCUT2D eigenvalue weighted by Gasteiger charge is 2.08. The molecule has 92 valence electrons. The minimum absolute atomic E-state index is 0.0834. The zero-order chi connectivity index (χ0) is 13.1. The number of benzene rings is 2. The molecule has 0 saturated heterocycles. The molecule has 3 heteroatoms. The first-order chi connectivity index (χ1) is 8.58. The van der Waals surface area contributed by atoms with Gasteiger partial charge in [-0.15, -0.1) is 0 Å². The summed E-state index contributed by atoms with van der Waals surface area (Å²) in [5.41, 5.74) is 3.62. The monoisotopic (exact) mass is 303 g/mol. The van der Waals surface area contributed by atoms with Gasteiger partial charge in [0.2, 0.25) is 0 Å². The van der Waals surface area contributed by atoms with Crippen LogP contribution in [0.2, 0.25) is 0 Å². The zero-order valence-electron chi connectivity index (χ0n) is 10.3. The fourth-order valence-corrected chi connectivity index (χ4v) is 1.94. The molecule has 0 aliphatic carbocycles. The first-order valence-corrected chi connectivity index (χ1v) is 6.50. The normalized spacial score (nSPS) is 10.2. The van der Waals surface area contributed by atoms with E-state index in [1.54, 1.807) is 0 Å². The Kier molecular flexibility index (Phi) is 3.82. The molecule has 0 heterocycles. The third-order valence-electron chi connectivity index (χ3n) is 2.81. The molecule has 0 aliphatic rings. The van der Waals surface area contributed by atoms with Gasteiger partial charge in [-0.2, -0.15) is 0 Å². The van der Waals surface area contributed by atoms with E-state index in [9.17, 15) is 4.79 Å². The number of carbonyl (C=O) groups excluding carboxylic acids is 1. The van der Waals surface area contributed by atoms with Gasteiger partial charge in [0, 0.05) is 15.7 Å². The second-order valence-corrected chi connectivity index (χ2v) is 5.09. The van der Waals surface area contributed by atoms with Gasteiger partial charge < -0.3 is 5.32 Å². The van der Waals surface area contributed by atoms with E-state index in [4.69, 9.17) is 0 Å². The Morgan fingerprint density at radius 2 is 1.78 bits per heavy atom. The van der Waals surface area contributed by atoms with Gasteiger partial charge in [0.05, 0.1) is 0 Å². The highest BCUT2D eigenvalue weighted by molar-refractivity contribution is 9.10. The molecule has 0 saturated carbocycles. The molecule has 0 atom stereocenters. The Labute approximate surface area is 115 Å². The van der Waals surface area contributed by atoms with E-state index in [1.807, 2.05) is 56.3 Å². The number of hydrogen-bond acceptors (Lipinski definition) is 1. The van der Waals surface area contributed by atoms with Gasteiger partial charge in [0.25, 0.3) is 5.91 Å². The van der Waals surface area contributed by atoms with Gasteiger partial charge in [-0.3, -0.25) is 4.79 Å². The molecule has 0 aliphatic heterocycles. The van der Waals surface area contributed by atoms with Crippen molar-refractivity contribution < 1.29 is 4.79 Å². The Morgan fingerprint density at radius 1 is 1.06 bits per heavy atom. The molecule has 0 spiro atoms. The Bertz CT molecular complexity index is 593. The van der Waals surface area contributed by atoms with Crippen LogP contribution in [0.5, 0.6) is 0 Å². The van der Waals surface area contributed by atoms with Crippen LogP contribution in [0.1, 0.15) is 21.5 Å². The fourth-order valence-electron chi connectivity index (χ4n) is 1.69. The van der Waals surface area contributed by atoms with Crippen LogP contribution in [0.3, 0.4) is 0 Å². The molecule has 0 aromatic heterocycles. The predicted molar refractivity (Wildman–Crippen MR) is 78.0 cm³/mol. The van der Waals surface area contributed by atoms with E-state index in [0.717, 1.165) is 21.3 Å². The third-order valence-corrected chi connectivity index (χ3v) is 3.70. The van der Waals surface area contributed by atoms with Gasteiger partial charge in [0.15, 0.2) is 0 Å². The Hall–Kier alpha value is -1.61. The van der Waals surface area contributed by atoms with Crippen molar-refractivity contribution >= 4 is 27.5 Å². The smallest absolute Gasteiger partial charge is 0.255 e. The summed E-state index contributed by atoms with van der Waals surface area (Å²) in [4.78, 5) is 12.1. The quantitative estimate of drug-likeness (QED) is 0.879. The van der Waals surface area contributed by atoms with Gasteiger partial charge in [-0.1, -0.05) is 34.1 Å². The molecule has 18 heavy (non-hydrogen) atoms. The van der Waals surface area contributed by atoms with E-state index in [0.29, 0.717) is 5.56 Å². The summed E-state index contributed by atoms with van der Waals surface area (Å²) in [6, 6.07) is 13.3. The van der Waals surface area contributed by atoms with Crippen LogP contribution in [0, 0.1) is 13.8 Å². The van der Waals surface area contributed by atoms with Crippen molar-refractivity contribution in [1.29, 1.82) is 0 Å². The molecule has 0 bridgehead atoms. The summed E-state index contributed by atoms with van der Waals surface area (Å²) in [5.74, 6) is -0.0834. The lowest BCUT2D eigenvalue weighted by molar-refractivity contribution is 0.102. The topological polar surface area (TPSA) is 29.1 Å². The highest BCUT2D eigenvalue weighted by Crippen LogP contribution is 2.19. The van der Waals surface area contributed by atoms with E-state index in [1.165, 1.54) is 0 Å². The average Bonchev–Trinajstić information content (AvgIpc) is 2.35. The maximum Gasteiger partial charge on any atom is 0.255 e. The SMILES string of the molecule is Cc1cc(C(=O)Nc2ccccc2C)ccc1Br. The van der Waals surface area contributed by atoms with Crippen LogP contribution in [0.15, 0.2) is 46.9 Å². The molecule has 1 N–H and O–H groups in total. The first kappa shape index (κ1) is 12.8. The van der Waals surface area contributed by atoms with Gasteiger partial charge in [-0.05, 0) is 49.2 Å². The lowest BCUT2D eigenvalue weighted by atomic mass is 10.1. The van der Waals surface area contributed by atoms with Crippen LogP contribution < -0.4 is 5.32 Å². The standard InChI is InChI=1S/C15H14BrNO/c1-10-5-3-4-6-14(10)17-15(18)12-7-8-13(16)11(2)9-12/h3-9H,1-2H3,(H,17,18). The lowest BCUT2D eigenvalue weighted by Crippen LogP contribution is -2.12. The summed E-state index contributed by atoms with van der Waals surface area (Å²) < 4.78 is 1.01. The second-order valence-electron chi connectivity index (χ2n) is 4.23. The Morgan fingerprint density at radius 3 is 2.44 bits per heavy atom. The van der Waals surface area contributed by atoms with E-state index >= 15 is 0 Å². The van der Waals surface area contributed by atoms with Crippen LogP contribution >= 0.6 is 15.9 Å². The molecule has 2 nitrogen and oxygen atoms in total. The minimum Gasteiger partial charge on any atom is -0.322 e. The number of carbonyl (C=O) groups is 1. The second kappa shape index (κ2) is 5.36. The summed E-state index contributed by atoms with van der Waals surface area (Å²) in [6.07, 6.45) is 0. The predicted octanol–water partition coefficient (Wildman–Crippen LogP) is 4.32. The number of hydrogen-bond donors (Lipinski definition) is 1. The third kappa shape index (κ3) is 2.79. The van der Waals surface area contributed by atoms with Crippen molar-refractivity contribution in [3.05, 3.63) is 63.6 Å². The Balaban J connectivity index is 2.22. The van der Waals surface area contributed by atoms with Gasteiger partial charge in [0.1, 0.15) is 0 Å². The number of anilines is 1. The van der Waals surface area contributed by atoms with E-state index < -0.39 is 0 Å². The number of nitrogens with one attached hydrogen (secondary N) is 1. The molecule has 2 aromatic carbocycles. The lowest BCUT2D eigenvalue weighted by Gasteiger charge is -2.09. The number of halogens is 1. The number of amides is 1. The van der Waals surface area contributed by atoms with Crippen LogP contribution in [0.25, 0.3) is 0 Å². The zero-order valence-corrected chi connectivity index (χ0v) is 11.9. The summed E-state index contributed by atoms with van der Waals surface area (Å²) in [5, 5.41) is 2.92. The first-order valence-electron chi connectivity index (χ1n) is 5.71. The van der Waals surface area contributed by atoms with E-state index in [-0.39, 0.29) is 5.91 Å². The van der Waals surface area contributed by atoms with Gasteiger partial charge >= 0.3 is 0 Å². The van der Waals surface area contributed by atoms with Crippen LogP contribution in [0.4, 0.5) is 5.69 Å². The molecule has 2 aromatic rings. The van der Waals surface area contributed by atoms with Crippen molar-refractivity contribution in [2.75, 3.05) is 5.32 Å². The minimum atomic E-state index is -0.0834. The van der Waals surface area contributed by atoms with Crippen LogP contribution in [-0.4, -0.2) is 5.91 Å². The van der Waals surface area contributed by atoms with Crippen molar-refractivity contribution in [2.45, 2.75) is 13.8 Å². The summed E-state index contributed by atoms with van der Waals surface area (Å²) >= 11 is 3.43. The maximum atomic E-state index is 12.1. The fraction of sp³-hybridized carbons (Fsp3) is 0.133. The molecule has 0 fully saturated rings. The highest BCUT2D eigenvalue weighted by atomic mass is 79.9. The molecular formula is C15H14BrNO. The summed E-state index contributed by atoms with van der Waals surface area (Å²) in [7, 11) is 0. The van der Waals surface area contributed by atoms with Crippen molar-refractivity contribution in [3.8, 4) is 0 Å². The maximum absolute atomic E-state index is 12.1. The average molecular weight is 304 g/mol. The van der Waals surface area contributed by atoms with Gasteiger partial charge in [-0.25, -0.2) is 0 Å². The molecular weight excluding hydrogens is 290 g/mol. The number of para-hydroxylation sites is 1. The van der Waals surface area contributed by atoms with Crippen molar-refractivity contribution in [3.63, 3.8) is 0 Å². The van der Waals surface area contributed by atoms with E-state index in [2.05, 4.69) is 21.2 Å². The van der Waals surface area contributed by atoms with Crippen molar-refractivity contribution in [1.82, 2.24) is 0 Å². The number of rotatable bonds is 2. The number of aryl methyl sites for hydroxylation is 2. The molecule has 2 rings (SSSR count). The largest absolute Gasteiger partial charge is 0.322 e. The van der Waals surface area contributed by atoms with Crippen LogP contribution in [-0.2, 0) is 0 Å². The summed E-state index contributed by atoms with van der Waals surface area (Å²) in [6.45, 7) is 3.94. The molecule has 1 amide bonds. The molecule has 0 radical (unpaired) electrons.